The molecule has 1 fully saturated rings. The molecule has 4 heterocycles. The highest BCUT2D eigenvalue weighted by molar-refractivity contribution is 5.94. The standard InChI is InChI=1S/C23H26N6O3/c1-14(2)20-22(30)26-19-12-29(23(31)15-7-10-32-13-15)9-8-28(19)11-18-24-17-6-4-3-5-16(17)21(25-18)27-20/h3-7,10,13-14,19-20H,8-9,11-12H2,1-2H3,(H,26,30)(H,24,25,27)/t19?,20-/m0/s1. The number of benzene rings is 1. The monoisotopic (exact) mass is 434 g/mol. The lowest BCUT2D eigenvalue weighted by atomic mass is 10.0. The molecule has 5 rings (SSSR count). The molecule has 2 amide bonds. The second-order valence-electron chi connectivity index (χ2n) is 8.63. The van der Waals surface area contributed by atoms with Crippen LogP contribution in [0.5, 0.6) is 0 Å². The van der Waals surface area contributed by atoms with E-state index in [1.54, 1.807) is 11.0 Å². The fourth-order valence-electron chi connectivity index (χ4n) is 4.32. The van der Waals surface area contributed by atoms with E-state index < -0.39 is 6.04 Å². The van der Waals surface area contributed by atoms with Crippen molar-refractivity contribution in [1.82, 2.24) is 25.1 Å². The third-order valence-electron chi connectivity index (χ3n) is 6.09. The van der Waals surface area contributed by atoms with Gasteiger partial charge in [-0.25, -0.2) is 9.97 Å². The van der Waals surface area contributed by atoms with Crippen molar-refractivity contribution in [2.45, 2.75) is 32.6 Å². The van der Waals surface area contributed by atoms with Crippen LogP contribution >= 0.6 is 0 Å². The van der Waals surface area contributed by atoms with Crippen LogP contribution in [-0.4, -0.2) is 63.4 Å². The molecule has 0 radical (unpaired) electrons. The highest BCUT2D eigenvalue weighted by Gasteiger charge is 2.35. The minimum Gasteiger partial charge on any atom is -0.472 e. The van der Waals surface area contributed by atoms with Gasteiger partial charge in [-0.3, -0.25) is 14.5 Å². The molecule has 2 aliphatic rings. The summed E-state index contributed by atoms with van der Waals surface area (Å²) in [4.78, 5) is 39.6. The zero-order valence-electron chi connectivity index (χ0n) is 18.1. The summed E-state index contributed by atoms with van der Waals surface area (Å²) in [5.41, 5.74) is 1.35. The maximum atomic E-state index is 13.3. The third-order valence-corrected chi connectivity index (χ3v) is 6.09. The summed E-state index contributed by atoms with van der Waals surface area (Å²) in [7, 11) is 0. The minimum atomic E-state index is -0.471. The zero-order chi connectivity index (χ0) is 22.2. The van der Waals surface area contributed by atoms with Gasteiger partial charge in [0.05, 0.1) is 30.4 Å². The number of rotatable bonds is 2. The number of aromatic nitrogens is 2. The smallest absolute Gasteiger partial charge is 0.257 e. The van der Waals surface area contributed by atoms with E-state index in [2.05, 4.69) is 15.5 Å². The third kappa shape index (κ3) is 3.80. The molecule has 2 bridgehead atoms. The summed E-state index contributed by atoms with van der Waals surface area (Å²) in [5, 5.41) is 7.41. The van der Waals surface area contributed by atoms with E-state index in [1.807, 2.05) is 38.1 Å². The first-order valence-electron chi connectivity index (χ1n) is 10.9. The van der Waals surface area contributed by atoms with E-state index in [4.69, 9.17) is 14.4 Å². The van der Waals surface area contributed by atoms with Gasteiger partial charge in [-0.05, 0) is 24.1 Å². The Balaban J connectivity index is 1.50. The second-order valence-corrected chi connectivity index (χ2v) is 8.63. The molecule has 166 valence electrons. The molecule has 32 heavy (non-hydrogen) atoms. The van der Waals surface area contributed by atoms with Crippen molar-refractivity contribution in [2.75, 3.05) is 25.0 Å². The number of anilines is 1. The van der Waals surface area contributed by atoms with Crippen LogP contribution in [0, 0.1) is 5.92 Å². The molecule has 0 spiro atoms. The van der Waals surface area contributed by atoms with Crippen LogP contribution in [0.2, 0.25) is 0 Å². The Kier molecular flexibility index (Phi) is 5.26. The molecule has 2 aliphatic heterocycles. The van der Waals surface area contributed by atoms with Crippen LogP contribution in [0.25, 0.3) is 10.9 Å². The van der Waals surface area contributed by atoms with Gasteiger partial charge < -0.3 is 20.0 Å². The first-order chi connectivity index (χ1) is 15.5. The number of carbonyl (C=O) groups excluding carboxylic acids is 2. The summed E-state index contributed by atoms with van der Waals surface area (Å²) >= 11 is 0. The SMILES string of the molecule is CC(C)[C@@H]1Nc2nc(nc3ccccc23)CN2CCN(C(=O)c3ccoc3)CC2NC1=O. The Morgan fingerprint density at radius 1 is 1.16 bits per heavy atom. The molecular formula is C23H26N6O3. The van der Waals surface area contributed by atoms with Crippen molar-refractivity contribution in [3.63, 3.8) is 0 Å². The van der Waals surface area contributed by atoms with Crippen molar-refractivity contribution < 1.29 is 14.0 Å². The molecule has 1 unspecified atom stereocenters. The van der Waals surface area contributed by atoms with Gasteiger partial charge in [0.1, 0.15) is 30.1 Å². The fourth-order valence-corrected chi connectivity index (χ4v) is 4.32. The number of hydrogen-bond acceptors (Lipinski definition) is 7. The summed E-state index contributed by atoms with van der Waals surface area (Å²) < 4.78 is 5.06. The summed E-state index contributed by atoms with van der Waals surface area (Å²) in [6, 6.07) is 9.00. The molecule has 2 aromatic heterocycles. The van der Waals surface area contributed by atoms with Crippen LogP contribution < -0.4 is 10.6 Å². The highest BCUT2D eigenvalue weighted by Crippen LogP contribution is 2.25. The number of amides is 2. The molecular weight excluding hydrogens is 408 g/mol. The lowest BCUT2D eigenvalue weighted by molar-refractivity contribution is -0.125. The van der Waals surface area contributed by atoms with Gasteiger partial charge in [0, 0.05) is 18.5 Å². The number of furan rings is 1. The molecule has 2 atom stereocenters. The maximum Gasteiger partial charge on any atom is 0.257 e. The van der Waals surface area contributed by atoms with Crippen LogP contribution in [0.1, 0.15) is 30.0 Å². The molecule has 0 aliphatic carbocycles. The Labute approximate surface area is 185 Å². The topological polar surface area (TPSA) is 104 Å². The Hall–Kier alpha value is -3.46. The summed E-state index contributed by atoms with van der Waals surface area (Å²) in [5.74, 6) is 1.18. The van der Waals surface area contributed by atoms with Crippen molar-refractivity contribution in [3.8, 4) is 0 Å². The number of nitrogens with zero attached hydrogens (tertiary/aromatic N) is 4. The quantitative estimate of drug-likeness (QED) is 0.636. The van der Waals surface area contributed by atoms with Gasteiger partial charge in [0.25, 0.3) is 5.91 Å². The summed E-state index contributed by atoms with van der Waals surface area (Å²) in [6.45, 7) is 6.00. The first kappa shape index (κ1) is 20.4. The van der Waals surface area contributed by atoms with E-state index in [9.17, 15) is 9.59 Å². The van der Waals surface area contributed by atoms with Gasteiger partial charge >= 0.3 is 0 Å². The fraction of sp³-hybridized carbons (Fsp3) is 0.391. The van der Waals surface area contributed by atoms with Crippen LogP contribution in [0.3, 0.4) is 0 Å². The first-order valence-corrected chi connectivity index (χ1v) is 10.9. The Bertz CT molecular complexity index is 1150. The van der Waals surface area contributed by atoms with Crippen LogP contribution in [0.4, 0.5) is 5.82 Å². The minimum absolute atomic E-state index is 0.0345. The zero-order valence-corrected chi connectivity index (χ0v) is 18.1. The van der Waals surface area contributed by atoms with Gasteiger partial charge in [-0.2, -0.15) is 0 Å². The van der Waals surface area contributed by atoms with Gasteiger partial charge in [-0.15, -0.1) is 0 Å². The number of carbonyl (C=O) groups is 2. The Morgan fingerprint density at radius 2 is 2.00 bits per heavy atom. The normalized spacial score (nSPS) is 21.7. The van der Waals surface area contributed by atoms with E-state index >= 15 is 0 Å². The van der Waals surface area contributed by atoms with E-state index in [1.165, 1.54) is 12.5 Å². The van der Waals surface area contributed by atoms with E-state index in [0.29, 0.717) is 43.4 Å². The predicted molar refractivity (Wildman–Crippen MR) is 119 cm³/mol. The highest BCUT2D eigenvalue weighted by atomic mass is 16.3. The van der Waals surface area contributed by atoms with E-state index in [0.717, 1.165) is 10.9 Å². The molecule has 9 nitrogen and oxygen atoms in total. The van der Waals surface area contributed by atoms with Crippen LogP contribution in [0.15, 0.2) is 47.3 Å². The van der Waals surface area contributed by atoms with Crippen molar-refractivity contribution in [1.29, 1.82) is 0 Å². The lowest BCUT2D eigenvalue weighted by Gasteiger charge is -2.42. The number of hydrogen-bond donors (Lipinski definition) is 2. The van der Waals surface area contributed by atoms with Gasteiger partial charge in [-0.1, -0.05) is 26.0 Å². The molecule has 3 aromatic rings. The lowest BCUT2D eigenvalue weighted by Crippen LogP contribution is -2.63. The van der Waals surface area contributed by atoms with Gasteiger partial charge in [0.15, 0.2) is 0 Å². The largest absolute Gasteiger partial charge is 0.472 e. The van der Waals surface area contributed by atoms with Crippen molar-refractivity contribution >= 4 is 28.5 Å². The average molecular weight is 435 g/mol. The number of nitrogens with one attached hydrogen (secondary N) is 2. The second kappa shape index (κ2) is 8.23. The number of fused-ring (bicyclic) bond motifs is 5. The maximum absolute atomic E-state index is 13.3. The van der Waals surface area contributed by atoms with Crippen LogP contribution in [-0.2, 0) is 11.3 Å². The number of para-hydroxylation sites is 1. The van der Waals surface area contributed by atoms with Crippen molar-refractivity contribution in [2.24, 2.45) is 5.92 Å². The van der Waals surface area contributed by atoms with Gasteiger partial charge in [0.2, 0.25) is 5.91 Å². The Morgan fingerprint density at radius 3 is 2.78 bits per heavy atom. The summed E-state index contributed by atoms with van der Waals surface area (Å²) in [6.07, 6.45) is 2.60. The molecule has 2 N–H and O–H groups in total. The van der Waals surface area contributed by atoms with Crippen molar-refractivity contribution in [3.05, 3.63) is 54.2 Å². The molecule has 1 saturated heterocycles. The predicted octanol–water partition coefficient (Wildman–Crippen LogP) is 2.07. The van der Waals surface area contributed by atoms with E-state index in [-0.39, 0.29) is 23.9 Å². The molecule has 1 aromatic carbocycles. The molecule has 9 heteroatoms. The molecule has 0 saturated carbocycles. The average Bonchev–Trinajstić information content (AvgIpc) is 3.32. The number of piperazine rings is 1.